The van der Waals surface area contributed by atoms with Gasteiger partial charge in [0, 0.05) is 12.6 Å². The van der Waals surface area contributed by atoms with Gasteiger partial charge in [-0.25, -0.2) is 14.2 Å². The van der Waals surface area contributed by atoms with Gasteiger partial charge in [0.25, 0.3) is 5.56 Å². The lowest BCUT2D eigenvalue weighted by Crippen LogP contribution is -2.21. The molecular formula is C25H16FN3O6. The molecule has 0 atom stereocenters. The smallest absolute Gasteiger partial charge is 0.335 e. The van der Waals surface area contributed by atoms with Crippen LogP contribution in [0, 0.1) is 15.9 Å². The van der Waals surface area contributed by atoms with Gasteiger partial charge in [0.2, 0.25) is 5.75 Å². The first-order valence-corrected chi connectivity index (χ1v) is 10.5. The van der Waals surface area contributed by atoms with Crippen LogP contribution < -0.4 is 10.3 Å². The number of nitrogens with zero attached hydrogens (tertiary/aromatic N) is 3. The second kappa shape index (κ2) is 8.49. The Kier molecular flexibility index (Phi) is 5.33. The number of nitro groups is 1. The number of rotatable bonds is 5. The van der Waals surface area contributed by atoms with Gasteiger partial charge >= 0.3 is 11.7 Å². The minimum Gasteiger partial charge on any atom is -0.478 e. The topological polar surface area (TPSA) is 125 Å². The van der Waals surface area contributed by atoms with Gasteiger partial charge in [-0.1, -0.05) is 6.07 Å². The van der Waals surface area contributed by atoms with Crippen molar-refractivity contribution in [2.75, 3.05) is 0 Å². The molecule has 0 amide bonds. The Hall–Kier alpha value is -4.86. The van der Waals surface area contributed by atoms with Crippen LogP contribution in [0.2, 0.25) is 0 Å². The fraction of sp³-hybridized carbons (Fsp3) is 0.0800. The number of halogens is 1. The third kappa shape index (κ3) is 4.12. The Labute approximate surface area is 196 Å². The summed E-state index contributed by atoms with van der Waals surface area (Å²) in [5.74, 6) is -0.941. The van der Waals surface area contributed by atoms with Crippen molar-refractivity contribution in [3.63, 3.8) is 0 Å². The van der Waals surface area contributed by atoms with Gasteiger partial charge in [0.05, 0.1) is 21.4 Å². The van der Waals surface area contributed by atoms with Gasteiger partial charge in [-0.2, -0.15) is 0 Å². The molecule has 174 valence electrons. The fourth-order valence-corrected chi connectivity index (χ4v) is 3.97. The van der Waals surface area contributed by atoms with Crippen molar-refractivity contribution in [3.8, 4) is 11.5 Å². The molecule has 0 fully saturated rings. The van der Waals surface area contributed by atoms with Gasteiger partial charge in [-0.3, -0.25) is 19.5 Å². The van der Waals surface area contributed by atoms with Crippen LogP contribution in [0.15, 0.2) is 65.5 Å². The van der Waals surface area contributed by atoms with Crippen molar-refractivity contribution in [1.29, 1.82) is 0 Å². The van der Waals surface area contributed by atoms with E-state index < -0.39 is 16.7 Å². The third-order valence-electron chi connectivity index (χ3n) is 5.66. The Bertz CT molecular complexity index is 1610. The molecule has 1 N–H and O–H groups in total. The molecule has 5 rings (SSSR count). The summed E-state index contributed by atoms with van der Waals surface area (Å²) in [6.07, 6.45) is 2.18. The van der Waals surface area contributed by atoms with E-state index in [1.54, 1.807) is 12.1 Å². The SMILES string of the molecule is O=C(O)c1ccc2c(=O)n3c(nc2c1)/C(=C\c1ccc(Oc2ccc(F)cc2)c([N+](=O)[O-])c1)CC3. The van der Waals surface area contributed by atoms with Gasteiger partial charge in [0.1, 0.15) is 17.4 Å². The molecule has 0 spiro atoms. The summed E-state index contributed by atoms with van der Waals surface area (Å²) in [5.41, 5.74) is 0.913. The highest BCUT2D eigenvalue weighted by atomic mass is 19.1. The fourth-order valence-electron chi connectivity index (χ4n) is 3.97. The standard InChI is InChI=1S/C25H16FN3O6/c26-17-3-5-18(6-4-17)35-22-8-1-14(12-21(22)29(33)34)11-15-9-10-28-23(15)27-20-13-16(25(31)32)2-7-19(20)24(28)30/h1-8,11-13H,9-10H2,(H,31,32)/b15-11-. The van der Waals surface area contributed by atoms with Crippen molar-refractivity contribution < 1.29 is 24.0 Å². The molecule has 0 saturated carbocycles. The first-order valence-electron chi connectivity index (χ1n) is 10.5. The van der Waals surface area contributed by atoms with E-state index in [2.05, 4.69) is 4.98 Å². The maximum absolute atomic E-state index is 13.1. The number of carbonyl (C=O) groups is 1. The van der Waals surface area contributed by atoms with Crippen LogP contribution in [0.1, 0.15) is 28.2 Å². The zero-order chi connectivity index (χ0) is 24.7. The van der Waals surface area contributed by atoms with Crippen LogP contribution in [0.25, 0.3) is 22.6 Å². The van der Waals surface area contributed by atoms with Crippen LogP contribution in [0.3, 0.4) is 0 Å². The second-order valence-corrected chi connectivity index (χ2v) is 7.89. The number of carboxylic acid groups (broad SMARTS) is 1. The van der Waals surface area contributed by atoms with Crippen LogP contribution in [0.5, 0.6) is 11.5 Å². The van der Waals surface area contributed by atoms with E-state index in [9.17, 15) is 29.2 Å². The number of carboxylic acids is 1. The molecule has 0 aliphatic carbocycles. The number of nitro benzene ring substituents is 1. The van der Waals surface area contributed by atoms with E-state index in [-0.39, 0.29) is 33.8 Å². The predicted molar refractivity (Wildman–Crippen MR) is 125 cm³/mol. The number of allylic oxidation sites excluding steroid dienone is 1. The molecule has 4 aromatic rings. The number of fused-ring (bicyclic) bond motifs is 2. The first kappa shape index (κ1) is 22.0. The van der Waals surface area contributed by atoms with Crippen LogP contribution >= 0.6 is 0 Å². The Morgan fingerprint density at radius 2 is 1.91 bits per heavy atom. The van der Waals surface area contributed by atoms with Crippen molar-refractivity contribution in [2.45, 2.75) is 13.0 Å². The van der Waals surface area contributed by atoms with Crippen molar-refractivity contribution in [1.82, 2.24) is 9.55 Å². The lowest BCUT2D eigenvalue weighted by Gasteiger charge is -2.08. The maximum Gasteiger partial charge on any atom is 0.335 e. The summed E-state index contributed by atoms with van der Waals surface area (Å²) >= 11 is 0. The summed E-state index contributed by atoms with van der Waals surface area (Å²) in [6.45, 7) is 0.386. The average Bonchev–Trinajstić information content (AvgIpc) is 3.23. The molecule has 35 heavy (non-hydrogen) atoms. The van der Waals surface area contributed by atoms with E-state index in [1.165, 1.54) is 59.2 Å². The quantitative estimate of drug-likeness (QED) is 0.324. The normalized spacial score (nSPS) is 13.7. The van der Waals surface area contributed by atoms with Crippen molar-refractivity contribution >= 4 is 34.2 Å². The minimum atomic E-state index is -1.12. The van der Waals surface area contributed by atoms with E-state index >= 15 is 0 Å². The Balaban J connectivity index is 1.54. The zero-order valence-corrected chi connectivity index (χ0v) is 18.0. The van der Waals surface area contributed by atoms with Crippen molar-refractivity contribution in [3.05, 3.63) is 104 Å². The number of hydrogen-bond acceptors (Lipinski definition) is 6. The molecule has 3 aromatic carbocycles. The van der Waals surface area contributed by atoms with Crippen LogP contribution in [-0.4, -0.2) is 25.6 Å². The highest BCUT2D eigenvalue weighted by molar-refractivity contribution is 5.93. The molecule has 1 aromatic heterocycles. The summed E-state index contributed by atoms with van der Waals surface area (Å²) < 4.78 is 20.2. The molecule has 9 nitrogen and oxygen atoms in total. The van der Waals surface area contributed by atoms with E-state index in [1.807, 2.05) is 0 Å². The molecule has 0 radical (unpaired) electrons. The Morgan fingerprint density at radius 3 is 2.63 bits per heavy atom. The largest absolute Gasteiger partial charge is 0.478 e. The summed E-state index contributed by atoms with van der Waals surface area (Å²) in [7, 11) is 0. The van der Waals surface area contributed by atoms with Crippen LogP contribution in [0.4, 0.5) is 10.1 Å². The molecule has 2 heterocycles. The van der Waals surface area contributed by atoms with Gasteiger partial charge in [-0.05, 0) is 72.2 Å². The third-order valence-corrected chi connectivity index (χ3v) is 5.66. The average molecular weight is 473 g/mol. The summed E-state index contributed by atoms with van der Waals surface area (Å²) in [4.78, 5) is 39.8. The van der Waals surface area contributed by atoms with Gasteiger partial charge in [-0.15, -0.1) is 0 Å². The molecule has 0 bridgehead atoms. The summed E-state index contributed by atoms with van der Waals surface area (Å²) in [6, 6.07) is 13.7. The minimum absolute atomic E-state index is 0.00267. The highest BCUT2D eigenvalue weighted by Gasteiger charge is 2.23. The van der Waals surface area contributed by atoms with Gasteiger partial charge < -0.3 is 9.84 Å². The monoisotopic (exact) mass is 473 g/mol. The lowest BCUT2D eigenvalue weighted by molar-refractivity contribution is -0.385. The number of hydrogen-bond donors (Lipinski definition) is 1. The summed E-state index contributed by atoms with van der Waals surface area (Å²) in [5, 5.41) is 21.2. The van der Waals surface area contributed by atoms with Crippen molar-refractivity contribution in [2.24, 2.45) is 0 Å². The molecule has 0 unspecified atom stereocenters. The first-order chi connectivity index (χ1) is 16.8. The molecule has 1 aliphatic rings. The maximum atomic E-state index is 13.1. The number of aromatic nitrogens is 2. The van der Waals surface area contributed by atoms with Crippen LogP contribution in [-0.2, 0) is 6.54 Å². The van der Waals surface area contributed by atoms with E-state index in [0.717, 1.165) is 0 Å². The molecule has 0 saturated heterocycles. The molecule has 10 heteroatoms. The zero-order valence-electron chi connectivity index (χ0n) is 18.0. The number of benzene rings is 3. The van der Waals surface area contributed by atoms with E-state index in [4.69, 9.17) is 4.74 Å². The predicted octanol–water partition coefficient (Wildman–Crippen LogP) is 4.88. The lowest BCUT2D eigenvalue weighted by atomic mass is 10.1. The number of aromatic carboxylic acids is 1. The van der Waals surface area contributed by atoms with Gasteiger partial charge in [0.15, 0.2) is 0 Å². The Morgan fingerprint density at radius 1 is 1.14 bits per heavy atom. The second-order valence-electron chi connectivity index (χ2n) is 7.89. The number of ether oxygens (including phenoxy) is 1. The molecule has 1 aliphatic heterocycles. The van der Waals surface area contributed by atoms with E-state index in [0.29, 0.717) is 35.3 Å². The highest BCUT2D eigenvalue weighted by Crippen LogP contribution is 2.34. The molecular weight excluding hydrogens is 457 g/mol.